The minimum absolute atomic E-state index is 0.0618. The van der Waals surface area contributed by atoms with Crippen molar-refractivity contribution in [2.45, 2.75) is 12.7 Å². The zero-order valence-electron chi connectivity index (χ0n) is 10.8. The lowest BCUT2D eigenvalue weighted by molar-refractivity contribution is -0.147. The van der Waals surface area contributed by atoms with Crippen LogP contribution in [0.4, 0.5) is 13.2 Å². The first-order valence-corrected chi connectivity index (χ1v) is 5.83. The van der Waals surface area contributed by atoms with Crippen LogP contribution in [-0.4, -0.2) is 26.8 Å². The highest BCUT2D eigenvalue weighted by molar-refractivity contribution is 5.91. The molecule has 0 fully saturated rings. The van der Waals surface area contributed by atoms with Crippen molar-refractivity contribution in [1.29, 1.82) is 0 Å². The zero-order chi connectivity index (χ0) is 15.6. The Morgan fingerprint density at radius 2 is 2.19 bits per heavy atom. The SMILES string of the molecule is Cn1c(C(F)(F)F)nn(CCNC(=O)c2ccco2)c1=O. The molecule has 0 radical (unpaired) electrons. The summed E-state index contributed by atoms with van der Waals surface area (Å²) < 4.78 is 43.6. The van der Waals surface area contributed by atoms with Crippen LogP contribution >= 0.6 is 0 Å². The third-order valence-electron chi connectivity index (χ3n) is 2.65. The number of aromatic nitrogens is 3. The van der Waals surface area contributed by atoms with Crippen LogP contribution in [0.1, 0.15) is 16.4 Å². The number of nitrogens with zero attached hydrogens (tertiary/aromatic N) is 3. The van der Waals surface area contributed by atoms with Crippen LogP contribution in [0.3, 0.4) is 0 Å². The Morgan fingerprint density at radius 1 is 1.48 bits per heavy atom. The Labute approximate surface area is 116 Å². The van der Waals surface area contributed by atoms with Gasteiger partial charge in [0.25, 0.3) is 5.91 Å². The number of amides is 1. The van der Waals surface area contributed by atoms with Crippen LogP contribution < -0.4 is 11.0 Å². The highest BCUT2D eigenvalue weighted by atomic mass is 19.4. The fourth-order valence-electron chi connectivity index (χ4n) is 1.65. The van der Waals surface area contributed by atoms with Gasteiger partial charge < -0.3 is 9.73 Å². The molecule has 0 saturated heterocycles. The van der Waals surface area contributed by atoms with Crippen LogP contribution in [-0.2, 0) is 19.8 Å². The van der Waals surface area contributed by atoms with E-state index in [1.165, 1.54) is 18.4 Å². The van der Waals surface area contributed by atoms with Gasteiger partial charge in [-0.05, 0) is 12.1 Å². The van der Waals surface area contributed by atoms with Gasteiger partial charge in [0, 0.05) is 13.6 Å². The molecule has 0 saturated carbocycles. The van der Waals surface area contributed by atoms with Gasteiger partial charge in [-0.25, -0.2) is 9.48 Å². The minimum Gasteiger partial charge on any atom is -0.459 e. The standard InChI is InChI=1S/C11H11F3N4O3/c1-17-9(11(12,13)14)16-18(10(17)20)5-4-15-8(19)7-3-2-6-21-7/h2-3,6H,4-5H2,1H3,(H,15,19). The summed E-state index contributed by atoms with van der Waals surface area (Å²) in [4.78, 5) is 23.1. The third-order valence-corrected chi connectivity index (χ3v) is 2.65. The van der Waals surface area contributed by atoms with Crippen molar-refractivity contribution in [3.05, 3.63) is 40.5 Å². The number of carbonyl (C=O) groups excluding carboxylic acids is 1. The first-order chi connectivity index (χ1) is 9.80. The van der Waals surface area contributed by atoms with E-state index in [4.69, 9.17) is 4.42 Å². The molecular formula is C11H11F3N4O3. The molecule has 7 nitrogen and oxygen atoms in total. The van der Waals surface area contributed by atoms with E-state index in [-0.39, 0.29) is 18.8 Å². The second-order valence-electron chi connectivity index (χ2n) is 4.12. The Bertz CT molecular complexity index is 685. The van der Waals surface area contributed by atoms with Crippen molar-refractivity contribution in [3.8, 4) is 0 Å². The van der Waals surface area contributed by atoms with Crippen molar-refractivity contribution >= 4 is 5.91 Å². The molecular weight excluding hydrogens is 293 g/mol. The molecule has 0 aromatic carbocycles. The quantitative estimate of drug-likeness (QED) is 0.898. The highest BCUT2D eigenvalue weighted by Crippen LogP contribution is 2.25. The molecule has 2 aromatic rings. The maximum atomic E-state index is 12.6. The van der Waals surface area contributed by atoms with Gasteiger partial charge >= 0.3 is 11.9 Å². The van der Waals surface area contributed by atoms with Gasteiger partial charge in [-0.2, -0.15) is 13.2 Å². The average molecular weight is 304 g/mol. The summed E-state index contributed by atoms with van der Waals surface area (Å²) in [5, 5.41) is 5.61. The summed E-state index contributed by atoms with van der Waals surface area (Å²) in [5.74, 6) is -1.75. The summed E-state index contributed by atoms with van der Waals surface area (Å²) in [6.07, 6.45) is -3.40. The number of nitrogens with one attached hydrogen (secondary N) is 1. The number of halogens is 3. The zero-order valence-corrected chi connectivity index (χ0v) is 10.8. The summed E-state index contributed by atoms with van der Waals surface area (Å²) in [6.45, 7) is -0.247. The van der Waals surface area contributed by atoms with Gasteiger partial charge in [-0.15, -0.1) is 5.10 Å². The van der Waals surface area contributed by atoms with Gasteiger partial charge in [-0.1, -0.05) is 0 Å². The summed E-state index contributed by atoms with van der Waals surface area (Å²) in [5.41, 5.74) is -0.908. The number of alkyl halides is 3. The second kappa shape index (κ2) is 5.46. The molecule has 0 aliphatic heterocycles. The molecule has 0 aliphatic carbocycles. The molecule has 0 bridgehead atoms. The summed E-state index contributed by atoms with van der Waals surface area (Å²) >= 11 is 0. The van der Waals surface area contributed by atoms with Gasteiger partial charge in [0.05, 0.1) is 12.8 Å². The summed E-state index contributed by atoms with van der Waals surface area (Å²) in [6, 6.07) is 2.96. The topological polar surface area (TPSA) is 82.1 Å². The van der Waals surface area contributed by atoms with E-state index >= 15 is 0 Å². The Morgan fingerprint density at radius 3 is 2.71 bits per heavy atom. The molecule has 10 heteroatoms. The van der Waals surface area contributed by atoms with Crippen molar-refractivity contribution < 1.29 is 22.4 Å². The van der Waals surface area contributed by atoms with Gasteiger partial charge in [0.15, 0.2) is 5.76 Å². The maximum Gasteiger partial charge on any atom is 0.451 e. The number of rotatable bonds is 4. The summed E-state index contributed by atoms with van der Waals surface area (Å²) in [7, 11) is 0.982. The van der Waals surface area contributed by atoms with Gasteiger partial charge in [0.1, 0.15) is 0 Å². The smallest absolute Gasteiger partial charge is 0.451 e. The normalized spacial score (nSPS) is 11.6. The van der Waals surface area contributed by atoms with Crippen LogP contribution in [0, 0.1) is 0 Å². The molecule has 0 spiro atoms. The number of furan rings is 1. The van der Waals surface area contributed by atoms with Crippen molar-refractivity contribution in [2.24, 2.45) is 7.05 Å². The molecule has 2 rings (SSSR count). The van der Waals surface area contributed by atoms with Crippen molar-refractivity contribution in [3.63, 3.8) is 0 Å². The fourth-order valence-corrected chi connectivity index (χ4v) is 1.65. The molecule has 114 valence electrons. The van der Waals surface area contributed by atoms with E-state index in [0.717, 1.165) is 7.05 Å². The van der Waals surface area contributed by atoms with E-state index in [1.54, 1.807) is 0 Å². The third kappa shape index (κ3) is 3.15. The lowest BCUT2D eigenvalue weighted by Crippen LogP contribution is -2.31. The average Bonchev–Trinajstić information content (AvgIpc) is 3.01. The predicted octanol–water partition coefficient (Wildman–Crippen LogP) is 0.624. The monoisotopic (exact) mass is 304 g/mol. The molecule has 0 aliphatic rings. The maximum absolute atomic E-state index is 12.6. The van der Waals surface area contributed by atoms with E-state index in [1.807, 2.05) is 0 Å². The number of hydrogen-bond donors (Lipinski definition) is 1. The van der Waals surface area contributed by atoms with Gasteiger partial charge in [0.2, 0.25) is 5.82 Å². The Kier molecular flexibility index (Phi) is 3.87. The lowest BCUT2D eigenvalue weighted by Gasteiger charge is -2.03. The van der Waals surface area contributed by atoms with Crippen LogP contribution in [0.2, 0.25) is 0 Å². The van der Waals surface area contributed by atoms with Gasteiger partial charge in [-0.3, -0.25) is 9.36 Å². The Balaban J connectivity index is 2.01. The van der Waals surface area contributed by atoms with E-state index < -0.39 is 23.6 Å². The van der Waals surface area contributed by atoms with Crippen LogP contribution in [0.15, 0.2) is 27.6 Å². The predicted molar refractivity (Wildman–Crippen MR) is 63.5 cm³/mol. The van der Waals surface area contributed by atoms with Crippen molar-refractivity contribution in [2.75, 3.05) is 6.54 Å². The Hall–Kier alpha value is -2.52. The first-order valence-electron chi connectivity index (χ1n) is 5.83. The van der Waals surface area contributed by atoms with Crippen LogP contribution in [0.5, 0.6) is 0 Å². The van der Waals surface area contributed by atoms with E-state index in [0.29, 0.717) is 9.25 Å². The first kappa shape index (κ1) is 14.9. The second-order valence-corrected chi connectivity index (χ2v) is 4.12. The molecule has 2 heterocycles. The molecule has 0 unspecified atom stereocenters. The molecule has 2 aromatic heterocycles. The van der Waals surface area contributed by atoms with Crippen LogP contribution in [0.25, 0.3) is 0 Å². The molecule has 0 atom stereocenters. The van der Waals surface area contributed by atoms with E-state index in [9.17, 15) is 22.8 Å². The largest absolute Gasteiger partial charge is 0.459 e. The minimum atomic E-state index is -4.71. The number of carbonyl (C=O) groups is 1. The molecule has 1 amide bonds. The van der Waals surface area contributed by atoms with Crippen molar-refractivity contribution in [1.82, 2.24) is 19.7 Å². The number of hydrogen-bond acceptors (Lipinski definition) is 4. The molecule has 1 N–H and O–H groups in total. The molecule has 21 heavy (non-hydrogen) atoms. The fraction of sp³-hybridized carbons (Fsp3) is 0.364. The highest BCUT2D eigenvalue weighted by Gasteiger charge is 2.37. The lowest BCUT2D eigenvalue weighted by atomic mass is 10.4. The van der Waals surface area contributed by atoms with E-state index in [2.05, 4.69) is 10.4 Å².